The highest BCUT2D eigenvalue weighted by Gasteiger charge is 2.21. The number of hydrazone groups is 1. The van der Waals surface area contributed by atoms with Gasteiger partial charge in [-0.15, -0.1) is 10.2 Å². The van der Waals surface area contributed by atoms with Crippen LogP contribution in [0.4, 0.5) is 0 Å². The third-order valence-corrected chi connectivity index (χ3v) is 6.92. The molecule has 12 heteroatoms. The smallest absolute Gasteiger partial charge is 0.250 e. The van der Waals surface area contributed by atoms with Crippen LogP contribution in [0.25, 0.3) is 17.1 Å². The minimum Gasteiger partial charge on any atom is -0.493 e. The number of rotatable bonds is 10. The van der Waals surface area contributed by atoms with Crippen LogP contribution in [0.5, 0.6) is 17.2 Å². The number of para-hydroxylation sites is 1. The summed E-state index contributed by atoms with van der Waals surface area (Å²) in [6.07, 6.45) is 1.49. The minimum atomic E-state index is -0.316. The molecule has 4 rings (SSSR count). The van der Waals surface area contributed by atoms with E-state index in [1.54, 1.807) is 51.7 Å². The van der Waals surface area contributed by atoms with Gasteiger partial charge in [0.15, 0.2) is 22.5 Å². The Morgan fingerprint density at radius 3 is 2.32 bits per heavy atom. The maximum Gasteiger partial charge on any atom is 0.250 e. The van der Waals surface area contributed by atoms with Gasteiger partial charge in [0, 0.05) is 11.3 Å². The highest BCUT2D eigenvalue weighted by atomic mass is 35.5. The number of benzene rings is 3. The molecule has 1 amide bonds. The van der Waals surface area contributed by atoms with E-state index in [9.17, 15) is 4.79 Å². The standard InChI is InChI=1S/C26H23Cl2N5O4S/c1-35-21-12-17(13-22(36-2)24(21)37-3)25-31-32-26(33(25)18-7-5-4-6-8-18)38-15-23(34)30-29-14-16-9-10-19(27)20(28)11-16/h4-14H,15H2,1-3H3,(H,30,34). The average Bonchev–Trinajstić information content (AvgIpc) is 3.37. The first-order valence-electron chi connectivity index (χ1n) is 11.2. The Bertz CT molecular complexity index is 1440. The molecule has 0 spiro atoms. The quantitative estimate of drug-likeness (QED) is 0.152. The van der Waals surface area contributed by atoms with Crippen LogP contribution in [-0.4, -0.2) is 54.0 Å². The van der Waals surface area contributed by atoms with Crippen LogP contribution in [0.3, 0.4) is 0 Å². The van der Waals surface area contributed by atoms with Crippen molar-refractivity contribution in [2.75, 3.05) is 27.1 Å². The van der Waals surface area contributed by atoms with Crippen LogP contribution in [-0.2, 0) is 4.79 Å². The molecule has 1 N–H and O–H groups in total. The Labute approximate surface area is 233 Å². The number of nitrogens with one attached hydrogen (secondary N) is 1. The topological polar surface area (TPSA) is 99.9 Å². The second-order valence-corrected chi connectivity index (χ2v) is 9.40. The van der Waals surface area contributed by atoms with Gasteiger partial charge < -0.3 is 14.2 Å². The molecule has 196 valence electrons. The summed E-state index contributed by atoms with van der Waals surface area (Å²) >= 11 is 13.2. The molecule has 3 aromatic carbocycles. The molecule has 0 aliphatic rings. The van der Waals surface area contributed by atoms with Gasteiger partial charge in [0.1, 0.15) is 0 Å². The van der Waals surface area contributed by atoms with Gasteiger partial charge in [-0.25, -0.2) is 5.43 Å². The summed E-state index contributed by atoms with van der Waals surface area (Å²) in [4.78, 5) is 12.5. The molecule has 1 aromatic heterocycles. The second-order valence-electron chi connectivity index (χ2n) is 7.65. The van der Waals surface area contributed by atoms with Crippen LogP contribution in [0.2, 0.25) is 10.0 Å². The largest absolute Gasteiger partial charge is 0.493 e. The van der Waals surface area contributed by atoms with Gasteiger partial charge in [-0.1, -0.05) is 59.2 Å². The van der Waals surface area contributed by atoms with Crippen molar-refractivity contribution in [3.8, 4) is 34.3 Å². The summed E-state index contributed by atoms with van der Waals surface area (Å²) in [6.45, 7) is 0. The Balaban J connectivity index is 1.58. The Morgan fingerprint density at radius 1 is 0.974 bits per heavy atom. The summed E-state index contributed by atoms with van der Waals surface area (Å²) in [5.74, 6) is 1.71. The molecule has 0 fully saturated rings. The Morgan fingerprint density at radius 2 is 1.68 bits per heavy atom. The van der Waals surface area contributed by atoms with E-state index in [1.165, 1.54) is 18.0 Å². The molecule has 0 atom stereocenters. The molecular weight excluding hydrogens is 549 g/mol. The fourth-order valence-electron chi connectivity index (χ4n) is 3.50. The van der Waals surface area contributed by atoms with Crippen LogP contribution in [0, 0.1) is 0 Å². The van der Waals surface area contributed by atoms with Crippen molar-refractivity contribution in [3.05, 3.63) is 76.3 Å². The molecule has 4 aromatic rings. The molecule has 0 aliphatic heterocycles. The van der Waals surface area contributed by atoms with Crippen molar-refractivity contribution in [3.63, 3.8) is 0 Å². The number of aromatic nitrogens is 3. The normalized spacial score (nSPS) is 11.0. The SMILES string of the molecule is COc1cc(-c2nnc(SCC(=O)NN=Cc3ccc(Cl)c(Cl)c3)n2-c2ccccc2)cc(OC)c1OC. The summed E-state index contributed by atoms with van der Waals surface area (Å²) in [5.41, 5.74) is 4.72. The highest BCUT2D eigenvalue weighted by Crippen LogP contribution is 2.41. The van der Waals surface area contributed by atoms with Crippen LogP contribution >= 0.6 is 35.0 Å². The highest BCUT2D eigenvalue weighted by molar-refractivity contribution is 7.99. The second kappa shape index (κ2) is 12.7. The molecule has 0 unspecified atom stereocenters. The number of halogens is 2. The summed E-state index contributed by atoms with van der Waals surface area (Å²) < 4.78 is 18.3. The molecule has 0 radical (unpaired) electrons. The number of hydrogen-bond donors (Lipinski definition) is 1. The van der Waals surface area contributed by atoms with Crippen LogP contribution in [0.15, 0.2) is 70.9 Å². The number of amides is 1. The average molecular weight is 572 g/mol. The molecule has 0 saturated heterocycles. The zero-order chi connectivity index (χ0) is 27.1. The number of thioether (sulfide) groups is 1. The fourth-order valence-corrected chi connectivity index (χ4v) is 4.56. The first kappa shape index (κ1) is 27.3. The maximum absolute atomic E-state index is 12.5. The molecule has 38 heavy (non-hydrogen) atoms. The van der Waals surface area contributed by atoms with E-state index in [-0.39, 0.29) is 11.7 Å². The molecule has 0 aliphatic carbocycles. The molecular formula is C26H23Cl2N5O4S. The maximum atomic E-state index is 12.5. The van der Waals surface area contributed by atoms with Crippen molar-refractivity contribution < 1.29 is 19.0 Å². The van der Waals surface area contributed by atoms with E-state index >= 15 is 0 Å². The van der Waals surface area contributed by atoms with Gasteiger partial charge >= 0.3 is 0 Å². The summed E-state index contributed by atoms with van der Waals surface area (Å²) in [6, 6.07) is 18.2. The lowest BCUT2D eigenvalue weighted by Crippen LogP contribution is -2.20. The number of ether oxygens (including phenoxy) is 3. The van der Waals surface area contributed by atoms with Crippen molar-refractivity contribution in [1.82, 2.24) is 20.2 Å². The minimum absolute atomic E-state index is 0.0545. The van der Waals surface area contributed by atoms with Crippen LogP contribution < -0.4 is 19.6 Å². The van der Waals surface area contributed by atoms with Crippen molar-refractivity contribution >= 4 is 47.1 Å². The zero-order valence-electron chi connectivity index (χ0n) is 20.6. The van der Waals surface area contributed by atoms with Crippen LogP contribution in [0.1, 0.15) is 5.56 Å². The monoisotopic (exact) mass is 571 g/mol. The fraction of sp³-hybridized carbons (Fsp3) is 0.154. The number of methoxy groups -OCH3 is 3. The lowest BCUT2D eigenvalue weighted by molar-refractivity contribution is -0.118. The number of carbonyl (C=O) groups is 1. The Kier molecular flexibility index (Phi) is 9.11. The molecule has 1 heterocycles. The van der Waals surface area contributed by atoms with E-state index in [4.69, 9.17) is 37.4 Å². The third-order valence-electron chi connectivity index (χ3n) is 5.25. The molecule has 0 bridgehead atoms. The van der Waals surface area contributed by atoms with E-state index in [0.717, 1.165) is 5.69 Å². The van der Waals surface area contributed by atoms with E-state index in [2.05, 4.69) is 20.7 Å². The van der Waals surface area contributed by atoms with Crippen molar-refractivity contribution in [2.45, 2.75) is 5.16 Å². The first-order valence-corrected chi connectivity index (χ1v) is 12.9. The first-order chi connectivity index (χ1) is 18.4. The van der Waals surface area contributed by atoms with E-state index < -0.39 is 0 Å². The van der Waals surface area contributed by atoms with Gasteiger partial charge in [0.2, 0.25) is 5.75 Å². The lowest BCUT2D eigenvalue weighted by Gasteiger charge is -2.15. The van der Waals surface area contributed by atoms with Crippen molar-refractivity contribution in [1.29, 1.82) is 0 Å². The number of hydrogen-bond acceptors (Lipinski definition) is 8. The van der Waals surface area contributed by atoms with Gasteiger partial charge in [0.25, 0.3) is 5.91 Å². The van der Waals surface area contributed by atoms with E-state index in [1.807, 2.05) is 34.9 Å². The molecule has 9 nitrogen and oxygen atoms in total. The predicted molar refractivity (Wildman–Crippen MR) is 149 cm³/mol. The van der Waals surface area contributed by atoms with Gasteiger partial charge in [-0.2, -0.15) is 5.10 Å². The lowest BCUT2D eigenvalue weighted by atomic mass is 10.1. The van der Waals surface area contributed by atoms with Gasteiger partial charge in [0.05, 0.1) is 43.3 Å². The van der Waals surface area contributed by atoms with Gasteiger partial charge in [-0.05, 0) is 42.0 Å². The Hall–Kier alpha value is -3.73. The zero-order valence-corrected chi connectivity index (χ0v) is 23.0. The number of carbonyl (C=O) groups excluding carboxylic acids is 1. The van der Waals surface area contributed by atoms with Gasteiger partial charge in [-0.3, -0.25) is 9.36 Å². The molecule has 0 saturated carbocycles. The third kappa shape index (κ3) is 6.21. The predicted octanol–water partition coefficient (Wildman–Crippen LogP) is 5.51. The van der Waals surface area contributed by atoms with E-state index in [0.29, 0.717) is 49.4 Å². The summed E-state index contributed by atoms with van der Waals surface area (Å²) in [5, 5.41) is 14.1. The number of nitrogens with zero attached hydrogens (tertiary/aromatic N) is 4. The summed E-state index contributed by atoms with van der Waals surface area (Å²) in [7, 11) is 4.64. The van der Waals surface area contributed by atoms with Crippen molar-refractivity contribution in [2.24, 2.45) is 5.10 Å².